The number of nitrogens with one attached hydrogen (secondary N) is 1. The molecule has 1 atom stereocenters. The van der Waals surface area contributed by atoms with E-state index in [0.29, 0.717) is 10.9 Å². The molecular formula is C21H23F3N4O4. The van der Waals surface area contributed by atoms with Crippen LogP contribution in [0.4, 0.5) is 13.2 Å². The van der Waals surface area contributed by atoms with Crippen molar-refractivity contribution in [1.82, 2.24) is 19.9 Å². The number of hydrogen-bond donors (Lipinski definition) is 1. The maximum atomic E-state index is 13.8. The Balaban J connectivity index is 2.27. The molecule has 0 aliphatic carbocycles. The normalized spacial score (nSPS) is 12.5. The average molecular weight is 452 g/mol. The summed E-state index contributed by atoms with van der Waals surface area (Å²) in [4.78, 5) is 17.0. The number of carbonyl (C=O) groups excluding carboxylic acids is 1. The van der Waals surface area contributed by atoms with Gasteiger partial charge in [0.15, 0.2) is 22.8 Å². The summed E-state index contributed by atoms with van der Waals surface area (Å²) >= 11 is 0. The lowest BCUT2D eigenvalue weighted by Gasteiger charge is -2.15. The van der Waals surface area contributed by atoms with E-state index in [9.17, 15) is 18.0 Å². The van der Waals surface area contributed by atoms with Crippen LogP contribution >= 0.6 is 0 Å². The molecule has 3 aromatic rings. The van der Waals surface area contributed by atoms with Gasteiger partial charge < -0.3 is 19.5 Å². The van der Waals surface area contributed by atoms with Crippen LogP contribution in [0.15, 0.2) is 24.4 Å². The highest BCUT2D eigenvalue weighted by Crippen LogP contribution is 2.42. The lowest BCUT2D eigenvalue weighted by molar-refractivity contribution is -0.142. The second-order valence-corrected chi connectivity index (χ2v) is 7.01. The van der Waals surface area contributed by atoms with Crippen molar-refractivity contribution in [2.24, 2.45) is 0 Å². The Morgan fingerprint density at radius 3 is 2.25 bits per heavy atom. The molecule has 0 aliphatic rings. The predicted octanol–water partition coefficient (Wildman–Crippen LogP) is 3.97. The highest BCUT2D eigenvalue weighted by molar-refractivity contribution is 6.00. The molecular weight excluding hydrogens is 429 g/mol. The van der Waals surface area contributed by atoms with Crippen LogP contribution in [-0.2, 0) is 6.18 Å². The highest BCUT2D eigenvalue weighted by atomic mass is 19.4. The Bertz CT molecular complexity index is 1120. The summed E-state index contributed by atoms with van der Waals surface area (Å²) in [6, 6.07) is 3.65. The Morgan fingerprint density at radius 2 is 1.75 bits per heavy atom. The van der Waals surface area contributed by atoms with Gasteiger partial charge in [-0.1, -0.05) is 6.92 Å². The van der Waals surface area contributed by atoms with Gasteiger partial charge in [0.2, 0.25) is 5.75 Å². The molecule has 2 heterocycles. The molecule has 8 nitrogen and oxygen atoms in total. The van der Waals surface area contributed by atoms with Crippen molar-refractivity contribution in [2.45, 2.75) is 32.5 Å². The third-order valence-electron chi connectivity index (χ3n) is 4.96. The van der Waals surface area contributed by atoms with Crippen LogP contribution in [0.2, 0.25) is 0 Å². The van der Waals surface area contributed by atoms with Crippen molar-refractivity contribution in [3.63, 3.8) is 0 Å². The van der Waals surface area contributed by atoms with Crippen molar-refractivity contribution < 1.29 is 32.2 Å². The number of methoxy groups -OCH3 is 3. The van der Waals surface area contributed by atoms with Gasteiger partial charge in [0.05, 0.1) is 33.2 Å². The Labute approximate surface area is 182 Å². The molecule has 1 aromatic carbocycles. The van der Waals surface area contributed by atoms with Gasteiger partial charge in [-0.15, -0.1) is 0 Å². The minimum absolute atomic E-state index is 0.0397. The van der Waals surface area contributed by atoms with E-state index in [4.69, 9.17) is 14.2 Å². The summed E-state index contributed by atoms with van der Waals surface area (Å²) in [5, 5.41) is 6.50. The van der Waals surface area contributed by atoms with Gasteiger partial charge in [-0.2, -0.15) is 18.3 Å². The fourth-order valence-electron chi connectivity index (χ4n) is 3.11. The van der Waals surface area contributed by atoms with E-state index in [1.54, 1.807) is 6.92 Å². The Kier molecular flexibility index (Phi) is 6.47. The second kappa shape index (κ2) is 8.93. The van der Waals surface area contributed by atoms with Crippen LogP contribution in [0, 0.1) is 0 Å². The second-order valence-electron chi connectivity index (χ2n) is 7.01. The van der Waals surface area contributed by atoms with E-state index in [2.05, 4.69) is 15.4 Å². The molecule has 0 fully saturated rings. The van der Waals surface area contributed by atoms with E-state index < -0.39 is 17.8 Å². The molecule has 0 saturated carbocycles. The van der Waals surface area contributed by atoms with Gasteiger partial charge in [-0.3, -0.25) is 4.79 Å². The molecule has 1 N–H and O–H groups in total. The molecule has 1 amide bonds. The van der Waals surface area contributed by atoms with Crippen molar-refractivity contribution in [3.8, 4) is 28.5 Å². The van der Waals surface area contributed by atoms with Crippen molar-refractivity contribution in [3.05, 3.63) is 35.7 Å². The first-order chi connectivity index (χ1) is 15.1. The van der Waals surface area contributed by atoms with Crippen molar-refractivity contribution in [1.29, 1.82) is 0 Å². The fraction of sp³-hybridized carbons (Fsp3) is 0.381. The molecule has 0 aliphatic heterocycles. The zero-order valence-electron chi connectivity index (χ0n) is 18.2. The number of ether oxygens (including phenoxy) is 3. The van der Waals surface area contributed by atoms with Gasteiger partial charge in [0, 0.05) is 11.6 Å². The molecule has 3 rings (SSSR count). The number of fused-ring (bicyclic) bond motifs is 1. The smallest absolute Gasteiger partial charge is 0.433 e. The van der Waals surface area contributed by atoms with Gasteiger partial charge in [0.25, 0.3) is 5.91 Å². The molecule has 0 spiro atoms. The number of nitrogens with zero attached hydrogens (tertiary/aromatic N) is 3. The first kappa shape index (κ1) is 23.2. The zero-order valence-corrected chi connectivity index (χ0v) is 18.2. The third-order valence-corrected chi connectivity index (χ3v) is 4.96. The fourth-order valence-corrected chi connectivity index (χ4v) is 3.11. The van der Waals surface area contributed by atoms with Crippen molar-refractivity contribution in [2.75, 3.05) is 21.3 Å². The SMILES string of the molecule is CCC(C)NC(=O)c1cnn2c(C(F)(F)F)cc(-c3cc(OC)c(OC)c(OC)c3)nc12. The van der Waals surface area contributed by atoms with E-state index in [-0.39, 0.29) is 45.8 Å². The van der Waals surface area contributed by atoms with Crippen LogP contribution in [0.5, 0.6) is 17.2 Å². The standard InChI is InChI=1S/C21H23F3N4O4/c1-6-11(2)26-20(29)13-10-25-28-17(21(22,23)24)9-14(27-19(13)28)12-7-15(30-3)18(32-5)16(8-12)31-4/h7-11H,6H2,1-5H3,(H,26,29). The van der Waals surface area contributed by atoms with E-state index >= 15 is 0 Å². The molecule has 11 heteroatoms. The highest BCUT2D eigenvalue weighted by Gasteiger charge is 2.36. The third kappa shape index (κ3) is 4.27. The summed E-state index contributed by atoms with van der Waals surface area (Å²) in [6.45, 7) is 3.67. The van der Waals surface area contributed by atoms with Crippen LogP contribution in [0.1, 0.15) is 36.3 Å². The number of alkyl halides is 3. The lowest BCUT2D eigenvalue weighted by atomic mass is 10.1. The average Bonchev–Trinajstić information content (AvgIpc) is 3.20. The molecule has 0 radical (unpaired) electrons. The molecule has 0 bridgehead atoms. The summed E-state index contributed by atoms with van der Waals surface area (Å²) in [7, 11) is 4.21. The maximum absolute atomic E-state index is 13.8. The predicted molar refractivity (Wildman–Crippen MR) is 110 cm³/mol. The van der Waals surface area contributed by atoms with E-state index in [0.717, 1.165) is 12.3 Å². The minimum atomic E-state index is -4.74. The number of halogens is 3. The quantitative estimate of drug-likeness (QED) is 0.584. The summed E-state index contributed by atoms with van der Waals surface area (Å²) in [5.41, 5.74) is -1.12. The van der Waals surface area contributed by atoms with E-state index in [1.165, 1.54) is 33.5 Å². The number of benzene rings is 1. The summed E-state index contributed by atoms with van der Waals surface area (Å²) < 4.78 is 58.0. The number of amides is 1. The number of carbonyl (C=O) groups is 1. The van der Waals surface area contributed by atoms with Crippen LogP contribution in [-0.4, -0.2) is 47.9 Å². The topological polar surface area (TPSA) is 87.0 Å². The van der Waals surface area contributed by atoms with Crippen LogP contribution in [0.3, 0.4) is 0 Å². The number of rotatable bonds is 7. The lowest BCUT2D eigenvalue weighted by Crippen LogP contribution is -2.32. The maximum Gasteiger partial charge on any atom is 0.433 e. The Morgan fingerprint density at radius 1 is 1.12 bits per heavy atom. The number of aromatic nitrogens is 3. The monoisotopic (exact) mass is 452 g/mol. The summed E-state index contributed by atoms with van der Waals surface area (Å²) in [6.07, 6.45) is -3.01. The molecule has 1 unspecified atom stereocenters. The number of hydrogen-bond acceptors (Lipinski definition) is 6. The molecule has 32 heavy (non-hydrogen) atoms. The van der Waals surface area contributed by atoms with Gasteiger partial charge in [-0.05, 0) is 31.5 Å². The van der Waals surface area contributed by atoms with Gasteiger partial charge >= 0.3 is 6.18 Å². The largest absolute Gasteiger partial charge is 0.493 e. The summed E-state index contributed by atoms with van der Waals surface area (Å²) in [5.74, 6) is 0.228. The van der Waals surface area contributed by atoms with Crippen molar-refractivity contribution >= 4 is 11.6 Å². The molecule has 2 aromatic heterocycles. The minimum Gasteiger partial charge on any atom is -0.493 e. The van der Waals surface area contributed by atoms with Crippen LogP contribution in [0.25, 0.3) is 16.9 Å². The van der Waals surface area contributed by atoms with Crippen LogP contribution < -0.4 is 19.5 Å². The zero-order chi connectivity index (χ0) is 23.6. The first-order valence-corrected chi connectivity index (χ1v) is 9.71. The first-order valence-electron chi connectivity index (χ1n) is 9.71. The molecule has 172 valence electrons. The van der Waals surface area contributed by atoms with E-state index in [1.807, 2.05) is 6.92 Å². The Hall–Kier alpha value is -3.50. The van der Waals surface area contributed by atoms with Gasteiger partial charge in [0.1, 0.15) is 5.56 Å². The van der Waals surface area contributed by atoms with Gasteiger partial charge in [-0.25, -0.2) is 9.50 Å². The molecule has 0 saturated heterocycles.